The largest absolute Gasteiger partial charge is 0.467 e. The molecule has 20 heavy (non-hydrogen) atoms. The van der Waals surface area contributed by atoms with Gasteiger partial charge in [0.15, 0.2) is 10.8 Å². The van der Waals surface area contributed by atoms with Crippen LogP contribution in [-0.2, 0) is 19.1 Å². The van der Waals surface area contributed by atoms with Gasteiger partial charge in [0.2, 0.25) is 5.91 Å². The lowest BCUT2D eigenvalue weighted by atomic mass is 10.2. The molecule has 6 nitrogen and oxygen atoms in total. The second-order valence-corrected chi connectivity index (χ2v) is 4.92. The van der Waals surface area contributed by atoms with E-state index >= 15 is 0 Å². The van der Waals surface area contributed by atoms with Crippen LogP contribution in [0, 0.1) is 0 Å². The van der Waals surface area contributed by atoms with E-state index in [1.807, 2.05) is 0 Å². The van der Waals surface area contributed by atoms with Crippen molar-refractivity contribution in [2.75, 3.05) is 26.8 Å². The molecular formula is C13H14BrNO5. The molecule has 0 radical (unpaired) electrons. The Kier molecular flexibility index (Phi) is 4.97. The molecule has 7 heteroatoms. The average Bonchev–Trinajstić information content (AvgIpc) is 2.89. The summed E-state index contributed by atoms with van der Waals surface area (Å²) in [6.07, 6.45) is 2.27. The van der Waals surface area contributed by atoms with Crippen molar-refractivity contribution >= 4 is 33.9 Å². The van der Waals surface area contributed by atoms with Gasteiger partial charge in [-0.1, -0.05) is 0 Å². The van der Waals surface area contributed by atoms with E-state index in [1.54, 1.807) is 23.1 Å². The van der Waals surface area contributed by atoms with E-state index in [0.29, 0.717) is 23.6 Å². The van der Waals surface area contributed by atoms with E-state index in [9.17, 15) is 9.59 Å². The first-order valence-corrected chi connectivity index (χ1v) is 6.81. The number of halogens is 1. The molecule has 0 saturated carbocycles. The van der Waals surface area contributed by atoms with Crippen LogP contribution in [0.25, 0.3) is 6.08 Å². The Morgan fingerprint density at radius 1 is 1.50 bits per heavy atom. The third kappa shape index (κ3) is 3.71. The molecule has 0 aliphatic carbocycles. The quantitative estimate of drug-likeness (QED) is 0.613. The van der Waals surface area contributed by atoms with Crippen molar-refractivity contribution in [3.05, 3.63) is 28.6 Å². The zero-order valence-corrected chi connectivity index (χ0v) is 12.5. The first kappa shape index (κ1) is 14.8. The number of nitrogens with zero attached hydrogens (tertiary/aromatic N) is 1. The van der Waals surface area contributed by atoms with Crippen LogP contribution in [0.3, 0.4) is 0 Å². The molecule has 2 heterocycles. The van der Waals surface area contributed by atoms with Crippen LogP contribution < -0.4 is 0 Å². The van der Waals surface area contributed by atoms with Gasteiger partial charge in [-0.25, -0.2) is 4.79 Å². The molecule has 0 spiro atoms. The molecular weight excluding hydrogens is 330 g/mol. The minimum Gasteiger partial charge on any atom is -0.467 e. The SMILES string of the molecule is COC(=O)C1CN(C(=O)/C=C/c2ccc(Br)o2)CCO1. The minimum atomic E-state index is -0.719. The maximum absolute atomic E-state index is 12.0. The lowest BCUT2D eigenvalue weighted by Crippen LogP contribution is -2.48. The molecule has 1 amide bonds. The number of morpholine rings is 1. The topological polar surface area (TPSA) is 69.0 Å². The summed E-state index contributed by atoms with van der Waals surface area (Å²) in [6, 6.07) is 3.48. The highest BCUT2D eigenvalue weighted by Crippen LogP contribution is 2.15. The van der Waals surface area contributed by atoms with E-state index in [4.69, 9.17) is 9.15 Å². The van der Waals surface area contributed by atoms with Crippen molar-refractivity contribution in [2.24, 2.45) is 0 Å². The molecule has 1 aromatic rings. The van der Waals surface area contributed by atoms with Crippen molar-refractivity contribution in [3.63, 3.8) is 0 Å². The van der Waals surface area contributed by atoms with Crippen LogP contribution in [0.4, 0.5) is 0 Å². The highest BCUT2D eigenvalue weighted by molar-refractivity contribution is 9.10. The van der Waals surface area contributed by atoms with Crippen molar-refractivity contribution in [1.82, 2.24) is 4.90 Å². The Hall–Kier alpha value is -1.60. The monoisotopic (exact) mass is 343 g/mol. The van der Waals surface area contributed by atoms with Crippen molar-refractivity contribution in [3.8, 4) is 0 Å². The Morgan fingerprint density at radius 2 is 2.30 bits per heavy atom. The molecule has 0 N–H and O–H groups in total. The summed E-state index contributed by atoms with van der Waals surface area (Å²) in [7, 11) is 1.29. The van der Waals surface area contributed by atoms with E-state index in [1.165, 1.54) is 13.2 Å². The predicted molar refractivity (Wildman–Crippen MR) is 73.8 cm³/mol. The van der Waals surface area contributed by atoms with Gasteiger partial charge in [-0.05, 0) is 34.1 Å². The molecule has 1 saturated heterocycles. The van der Waals surface area contributed by atoms with Gasteiger partial charge in [-0.3, -0.25) is 4.79 Å². The van der Waals surface area contributed by atoms with E-state index in [0.717, 1.165) is 0 Å². The number of furan rings is 1. The smallest absolute Gasteiger partial charge is 0.336 e. The number of methoxy groups -OCH3 is 1. The number of rotatable bonds is 3. The third-order valence-electron chi connectivity index (χ3n) is 2.83. The molecule has 108 valence electrons. The summed E-state index contributed by atoms with van der Waals surface area (Å²) in [6.45, 7) is 0.946. The van der Waals surface area contributed by atoms with E-state index < -0.39 is 12.1 Å². The van der Waals surface area contributed by atoms with Gasteiger partial charge in [0.1, 0.15) is 5.76 Å². The first-order valence-electron chi connectivity index (χ1n) is 6.02. The van der Waals surface area contributed by atoms with Crippen LogP contribution >= 0.6 is 15.9 Å². The third-order valence-corrected chi connectivity index (χ3v) is 3.25. The minimum absolute atomic E-state index is 0.192. The number of esters is 1. The van der Waals surface area contributed by atoms with Crippen LogP contribution in [0.1, 0.15) is 5.76 Å². The molecule has 1 unspecified atom stereocenters. The first-order chi connectivity index (χ1) is 9.60. The maximum Gasteiger partial charge on any atom is 0.336 e. The van der Waals surface area contributed by atoms with Crippen molar-refractivity contribution in [1.29, 1.82) is 0 Å². The van der Waals surface area contributed by atoms with E-state index in [-0.39, 0.29) is 12.5 Å². The van der Waals surface area contributed by atoms with Gasteiger partial charge in [0.25, 0.3) is 0 Å². The Bertz CT molecular complexity index is 525. The van der Waals surface area contributed by atoms with Crippen molar-refractivity contribution < 1.29 is 23.5 Å². The summed E-state index contributed by atoms with van der Waals surface area (Å²) in [4.78, 5) is 24.9. The molecule has 1 atom stereocenters. The maximum atomic E-state index is 12.0. The normalized spacial score (nSPS) is 19.3. The standard InChI is InChI=1S/C13H14BrNO5/c1-18-13(17)10-8-15(6-7-19-10)12(16)5-3-9-2-4-11(14)20-9/h2-5,10H,6-8H2,1H3/b5-3+. The molecule has 2 rings (SSSR count). The van der Waals surface area contributed by atoms with Gasteiger partial charge < -0.3 is 18.8 Å². The summed E-state index contributed by atoms with van der Waals surface area (Å²) < 4.78 is 15.7. The van der Waals surface area contributed by atoms with Crippen LogP contribution in [0.2, 0.25) is 0 Å². The fraction of sp³-hybridized carbons (Fsp3) is 0.385. The van der Waals surface area contributed by atoms with Crippen LogP contribution in [-0.4, -0.2) is 49.7 Å². The summed E-state index contributed by atoms with van der Waals surface area (Å²) in [5.74, 6) is -0.0980. The van der Waals surface area contributed by atoms with E-state index in [2.05, 4.69) is 20.7 Å². The zero-order chi connectivity index (χ0) is 14.5. The van der Waals surface area contributed by atoms with Gasteiger partial charge in [0, 0.05) is 12.6 Å². The predicted octanol–water partition coefficient (Wildman–Crippen LogP) is 1.46. The number of hydrogen-bond donors (Lipinski definition) is 0. The van der Waals surface area contributed by atoms with Gasteiger partial charge in [-0.15, -0.1) is 0 Å². The summed E-state index contributed by atoms with van der Waals surface area (Å²) in [5.41, 5.74) is 0. The van der Waals surface area contributed by atoms with Crippen LogP contribution in [0.15, 0.2) is 27.3 Å². The summed E-state index contributed by atoms with van der Waals surface area (Å²) in [5, 5.41) is 0. The van der Waals surface area contributed by atoms with Gasteiger partial charge >= 0.3 is 5.97 Å². The van der Waals surface area contributed by atoms with Gasteiger partial charge in [-0.2, -0.15) is 0 Å². The highest BCUT2D eigenvalue weighted by Gasteiger charge is 2.28. The molecule has 1 aliphatic heterocycles. The summed E-state index contributed by atoms with van der Waals surface area (Å²) >= 11 is 3.18. The Labute approximate surface area is 124 Å². The Balaban J connectivity index is 1.95. The molecule has 1 aliphatic rings. The number of carbonyl (C=O) groups excluding carboxylic acids is 2. The average molecular weight is 344 g/mol. The molecule has 1 aromatic heterocycles. The van der Waals surface area contributed by atoms with Crippen LogP contribution in [0.5, 0.6) is 0 Å². The number of hydrogen-bond acceptors (Lipinski definition) is 5. The fourth-order valence-corrected chi connectivity index (χ4v) is 2.12. The Morgan fingerprint density at radius 3 is 2.95 bits per heavy atom. The molecule has 0 bridgehead atoms. The second kappa shape index (κ2) is 6.71. The highest BCUT2D eigenvalue weighted by atomic mass is 79.9. The number of amides is 1. The van der Waals surface area contributed by atoms with Gasteiger partial charge in [0.05, 0.1) is 20.3 Å². The fourth-order valence-electron chi connectivity index (χ4n) is 1.80. The molecule has 1 fully saturated rings. The number of ether oxygens (including phenoxy) is 2. The lowest BCUT2D eigenvalue weighted by molar-refractivity contribution is -0.161. The molecule has 0 aromatic carbocycles. The zero-order valence-electron chi connectivity index (χ0n) is 10.9. The lowest BCUT2D eigenvalue weighted by Gasteiger charge is -2.30. The number of carbonyl (C=O) groups is 2. The van der Waals surface area contributed by atoms with Crippen molar-refractivity contribution in [2.45, 2.75) is 6.10 Å². The second-order valence-electron chi connectivity index (χ2n) is 4.14.